The summed E-state index contributed by atoms with van der Waals surface area (Å²) in [7, 11) is 0. The van der Waals surface area contributed by atoms with Gasteiger partial charge in [-0.1, -0.05) is 11.6 Å². The lowest BCUT2D eigenvalue weighted by atomic mass is 10.2. The Hall–Kier alpha value is 0.130. The Balaban J connectivity index is 3.21. The van der Waals surface area contributed by atoms with Gasteiger partial charge in [0, 0.05) is 10.1 Å². The van der Waals surface area contributed by atoms with Crippen LogP contribution in [0.15, 0.2) is 12.1 Å². The van der Waals surface area contributed by atoms with Crippen LogP contribution in [0.1, 0.15) is 5.56 Å². The van der Waals surface area contributed by atoms with Gasteiger partial charge in [0.15, 0.2) is 0 Å². The second-order valence-corrected chi connectivity index (χ2v) is 3.63. The van der Waals surface area contributed by atoms with Crippen LogP contribution in [0.3, 0.4) is 0 Å². The van der Waals surface area contributed by atoms with E-state index in [-0.39, 0.29) is 5.02 Å². The molecule has 0 fully saturated rings. The molecule has 1 aromatic rings. The van der Waals surface area contributed by atoms with Gasteiger partial charge in [-0.25, -0.2) is 4.39 Å². The van der Waals surface area contributed by atoms with Gasteiger partial charge in [0.1, 0.15) is 5.82 Å². The molecule has 4 heteroatoms. The van der Waals surface area contributed by atoms with Crippen LogP contribution in [0.2, 0.25) is 5.02 Å². The van der Waals surface area contributed by atoms with Crippen molar-refractivity contribution in [3.8, 4) is 0 Å². The summed E-state index contributed by atoms with van der Waals surface area (Å²) in [6, 6.07) is 2.93. The van der Waals surface area contributed by atoms with Crippen LogP contribution in [-0.2, 0) is 6.54 Å². The fourth-order valence-corrected chi connectivity index (χ4v) is 1.56. The molecule has 0 aliphatic rings. The molecule has 0 bridgehead atoms. The van der Waals surface area contributed by atoms with E-state index < -0.39 is 5.82 Å². The molecule has 11 heavy (non-hydrogen) atoms. The van der Waals surface area contributed by atoms with Crippen molar-refractivity contribution in [2.45, 2.75) is 6.54 Å². The van der Waals surface area contributed by atoms with Crippen molar-refractivity contribution in [1.29, 1.82) is 0 Å². The zero-order chi connectivity index (χ0) is 8.43. The van der Waals surface area contributed by atoms with E-state index in [4.69, 9.17) is 17.3 Å². The van der Waals surface area contributed by atoms with Crippen LogP contribution in [0, 0.1) is 9.39 Å². The number of hydrogen-bond acceptors (Lipinski definition) is 1. The molecule has 0 saturated carbocycles. The van der Waals surface area contributed by atoms with Crippen LogP contribution in [0.25, 0.3) is 0 Å². The minimum Gasteiger partial charge on any atom is -0.326 e. The third-order valence-electron chi connectivity index (χ3n) is 1.31. The predicted octanol–water partition coefficient (Wildman–Crippen LogP) is 2.54. The molecule has 1 rings (SSSR count). The first kappa shape index (κ1) is 9.22. The first-order chi connectivity index (χ1) is 5.15. The summed E-state index contributed by atoms with van der Waals surface area (Å²) in [5, 5.41) is 0.130. The Morgan fingerprint density at radius 1 is 1.55 bits per heavy atom. The van der Waals surface area contributed by atoms with Crippen molar-refractivity contribution >= 4 is 34.2 Å². The summed E-state index contributed by atoms with van der Waals surface area (Å²) >= 11 is 7.55. The molecule has 0 saturated heterocycles. The van der Waals surface area contributed by atoms with Gasteiger partial charge in [-0.15, -0.1) is 0 Å². The van der Waals surface area contributed by atoms with Gasteiger partial charge >= 0.3 is 0 Å². The SMILES string of the molecule is NCc1cc(Cl)c(F)cc1I. The topological polar surface area (TPSA) is 26.0 Å². The highest BCUT2D eigenvalue weighted by atomic mass is 127. The summed E-state index contributed by atoms with van der Waals surface area (Å²) < 4.78 is 13.5. The number of halogens is 3. The van der Waals surface area contributed by atoms with Crippen LogP contribution in [0.4, 0.5) is 4.39 Å². The molecule has 0 heterocycles. The van der Waals surface area contributed by atoms with Gasteiger partial charge in [-0.2, -0.15) is 0 Å². The van der Waals surface area contributed by atoms with Crippen LogP contribution < -0.4 is 5.73 Å². The molecule has 1 nitrogen and oxygen atoms in total. The largest absolute Gasteiger partial charge is 0.326 e. The maximum Gasteiger partial charge on any atom is 0.142 e. The van der Waals surface area contributed by atoms with Crippen molar-refractivity contribution in [2.75, 3.05) is 0 Å². The normalized spacial score (nSPS) is 10.2. The summed E-state index contributed by atoms with van der Waals surface area (Å²) in [6.07, 6.45) is 0. The van der Waals surface area contributed by atoms with Gasteiger partial charge in [0.2, 0.25) is 0 Å². The summed E-state index contributed by atoms with van der Waals surface area (Å²) in [4.78, 5) is 0. The average Bonchev–Trinajstić information content (AvgIpc) is 1.97. The number of rotatable bonds is 1. The van der Waals surface area contributed by atoms with Crippen molar-refractivity contribution in [2.24, 2.45) is 5.73 Å². The van der Waals surface area contributed by atoms with Gasteiger partial charge in [-0.05, 0) is 40.3 Å². The fraction of sp³-hybridized carbons (Fsp3) is 0.143. The van der Waals surface area contributed by atoms with E-state index in [9.17, 15) is 4.39 Å². The molecule has 0 atom stereocenters. The Morgan fingerprint density at radius 2 is 2.18 bits per heavy atom. The lowest BCUT2D eigenvalue weighted by molar-refractivity contribution is 0.626. The van der Waals surface area contributed by atoms with Crippen molar-refractivity contribution in [3.63, 3.8) is 0 Å². The zero-order valence-electron chi connectivity index (χ0n) is 5.57. The number of hydrogen-bond donors (Lipinski definition) is 1. The van der Waals surface area contributed by atoms with E-state index in [1.54, 1.807) is 6.07 Å². The van der Waals surface area contributed by atoms with E-state index in [0.29, 0.717) is 6.54 Å². The maximum atomic E-state index is 12.7. The van der Waals surface area contributed by atoms with E-state index in [1.165, 1.54) is 6.07 Å². The molecule has 0 radical (unpaired) electrons. The van der Waals surface area contributed by atoms with E-state index in [1.807, 2.05) is 22.6 Å². The molecule has 0 aliphatic carbocycles. The van der Waals surface area contributed by atoms with Gasteiger partial charge in [-0.3, -0.25) is 0 Å². The molecular weight excluding hydrogens is 279 g/mol. The Morgan fingerprint density at radius 3 is 2.73 bits per heavy atom. The minimum absolute atomic E-state index is 0.130. The van der Waals surface area contributed by atoms with Gasteiger partial charge < -0.3 is 5.73 Å². The van der Waals surface area contributed by atoms with Crippen molar-refractivity contribution in [3.05, 3.63) is 32.1 Å². The van der Waals surface area contributed by atoms with Crippen molar-refractivity contribution < 1.29 is 4.39 Å². The fourth-order valence-electron chi connectivity index (χ4n) is 0.720. The molecule has 0 spiro atoms. The van der Waals surface area contributed by atoms with Gasteiger partial charge in [0.05, 0.1) is 5.02 Å². The zero-order valence-corrected chi connectivity index (χ0v) is 8.49. The highest BCUT2D eigenvalue weighted by molar-refractivity contribution is 14.1. The molecular formula is C7H6ClFIN. The standard InChI is InChI=1S/C7H6ClFIN/c8-5-1-4(3-11)7(10)2-6(5)9/h1-2H,3,11H2. The third-order valence-corrected chi connectivity index (χ3v) is 2.60. The number of nitrogens with two attached hydrogens (primary N) is 1. The molecule has 2 N–H and O–H groups in total. The van der Waals surface area contributed by atoms with E-state index >= 15 is 0 Å². The maximum absolute atomic E-state index is 12.7. The van der Waals surface area contributed by atoms with Gasteiger partial charge in [0.25, 0.3) is 0 Å². The molecule has 0 unspecified atom stereocenters. The smallest absolute Gasteiger partial charge is 0.142 e. The Labute approximate surface area is 82.9 Å². The molecule has 0 amide bonds. The monoisotopic (exact) mass is 285 g/mol. The number of benzene rings is 1. The lowest BCUT2D eigenvalue weighted by Gasteiger charge is -2.01. The second-order valence-electron chi connectivity index (χ2n) is 2.06. The van der Waals surface area contributed by atoms with Crippen molar-refractivity contribution in [1.82, 2.24) is 0 Å². The third kappa shape index (κ3) is 2.04. The summed E-state index contributed by atoms with van der Waals surface area (Å²) in [5.74, 6) is -0.395. The van der Waals surface area contributed by atoms with E-state index in [2.05, 4.69) is 0 Å². The quantitative estimate of drug-likeness (QED) is 0.623. The molecule has 60 valence electrons. The van der Waals surface area contributed by atoms with Crippen LogP contribution in [-0.4, -0.2) is 0 Å². The molecule has 1 aromatic carbocycles. The highest BCUT2D eigenvalue weighted by Gasteiger charge is 2.04. The predicted molar refractivity (Wildman–Crippen MR) is 52.0 cm³/mol. The molecule has 0 aliphatic heterocycles. The Kier molecular flexibility index (Phi) is 3.09. The highest BCUT2D eigenvalue weighted by Crippen LogP contribution is 2.21. The van der Waals surface area contributed by atoms with E-state index in [0.717, 1.165) is 9.13 Å². The van der Waals surface area contributed by atoms with Crippen LogP contribution in [0.5, 0.6) is 0 Å². The second kappa shape index (κ2) is 3.69. The minimum atomic E-state index is -0.395. The summed E-state index contributed by atoms with van der Waals surface area (Å²) in [5.41, 5.74) is 6.26. The molecule has 0 aromatic heterocycles. The lowest BCUT2D eigenvalue weighted by Crippen LogP contribution is -1.99. The summed E-state index contributed by atoms with van der Waals surface area (Å²) in [6.45, 7) is 0.387. The average molecular weight is 285 g/mol. The Bertz CT molecular complexity index is 277. The van der Waals surface area contributed by atoms with Crippen LogP contribution >= 0.6 is 34.2 Å². The first-order valence-electron chi connectivity index (χ1n) is 2.98. The first-order valence-corrected chi connectivity index (χ1v) is 4.44.